The lowest BCUT2D eigenvalue weighted by atomic mass is 10.0. The Kier molecular flexibility index (Phi) is 22.9. The predicted molar refractivity (Wildman–Crippen MR) is 156 cm³/mol. The molecule has 2 heteroatoms. The van der Waals surface area contributed by atoms with Crippen molar-refractivity contribution < 1.29 is 4.57 Å². The molecule has 0 bridgehead atoms. The third kappa shape index (κ3) is 18.2. The molecule has 0 amide bonds. The minimum absolute atomic E-state index is 1.11. The molecule has 0 saturated heterocycles. The number of hydrogen-bond acceptors (Lipinski definition) is 0. The summed E-state index contributed by atoms with van der Waals surface area (Å²) in [7, 11) is 0. The summed E-state index contributed by atoms with van der Waals surface area (Å²) in [6.45, 7) is 8.02. The van der Waals surface area contributed by atoms with Crippen LogP contribution in [-0.4, -0.2) is 4.98 Å². The van der Waals surface area contributed by atoms with Crippen molar-refractivity contribution in [1.29, 1.82) is 0 Å². The zero-order valence-corrected chi connectivity index (χ0v) is 24.6. The first-order valence-electron chi connectivity index (χ1n) is 16.4. The Balaban J connectivity index is 1.93. The van der Waals surface area contributed by atoms with Gasteiger partial charge in [-0.25, -0.2) is 9.55 Å². The summed E-state index contributed by atoms with van der Waals surface area (Å²) in [6.07, 6.45) is 39.2. The van der Waals surface area contributed by atoms with Crippen molar-refractivity contribution in [3.05, 3.63) is 17.7 Å². The van der Waals surface area contributed by atoms with E-state index in [0.717, 1.165) is 6.54 Å². The fraction of sp³-hybridized carbons (Fsp3) is 0.909. The number of nitrogens with zero attached hydrogens (tertiary/aromatic N) is 1. The van der Waals surface area contributed by atoms with Crippen LogP contribution in [0.1, 0.15) is 186 Å². The molecule has 0 aliphatic rings. The smallest absolute Gasteiger partial charge is 0.247 e. The Morgan fingerprint density at radius 3 is 1.17 bits per heavy atom. The van der Waals surface area contributed by atoms with E-state index >= 15 is 0 Å². The highest BCUT2D eigenvalue weighted by Crippen LogP contribution is 2.15. The first kappa shape index (κ1) is 32.2. The Morgan fingerprint density at radius 2 is 0.800 bits per heavy atom. The van der Waals surface area contributed by atoms with Gasteiger partial charge >= 0.3 is 0 Å². The highest BCUT2D eigenvalue weighted by Gasteiger charge is 2.15. The molecule has 1 aromatic rings. The minimum atomic E-state index is 1.11. The maximum atomic E-state index is 3.61. The van der Waals surface area contributed by atoms with E-state index in [9.17, 15) is 0 Å². The van der Waals surface area contributed by atoms with Crippen LogP contribution in [0.2, 0.25) is 0 Å². The van der Waals surface area contributed by atoms with Crippen LogP contribution in [0.4, 0.5) is 0 Å². The molecule has 1 heterocycles. The lowest BCUT2D eigenvalue weighted by Crippen LogP contribution is -2.39. The molecule has 1 aromatic heterocycles. The van der Waals surface area contributed by atoms with Gasteiger partial charge in [0.2, 0.25) is 0 Å². The Bertz CT molecular complexity index is 547. The molecule has 0 aromatic carbocycles. The van der Waals surface area contributed by atoms with Crippen molar-refractivity contribution in [2.24, 2.45) is 0 Å². The molecule has 0 atom stereocenters. The number of unbranched alkanes of at least 4 members (excludes halogenated alkanes) is 22. The topological polar surface area (TPSA) is 19.7 Å². The monoisotopic (exact) mass is 490 g/mol. The third-order valence-electron chi connectivity index (χ3n) is 7.95. The quantitative estimate of drug-likeness (QED) is 0.0936. The van der Waals surface area contributed by atoms with E-state index in [4.69, 9.17) is 0 Å². The van der Waals surface area contributed by atoms with Gasteiger partial charge in [0.25, 0.3) is 5.82 Å². The number of H-pyrrole nitrogens is 1. The summed E-state index contributed by atoms with van der Waals surface area (Å²) in [5.41, 5.74) is 1.53. The maximum absolute atomic E-state index is 3.61. The standard InChI is InChI=1S/C33H64N2/c1-4-7-9-11-13-14-15-16-17-18-19-20-21-22-24-25-27-29-32-31-34-33(35(32)6-3)30-28-26-23-12-10-8-5-2/h31H,4-30H2,1-3H3/p+1. The fourth-order valence-corrected chi connectivity index (χ4v) is 5.58. The number of nitrogens with one attached hydrogen (secondary N) is 1. The Hall–Kier alpha value is -0.790. The van der Waals surface area contributed by atoms with Crippen molar-refractivity contribution in [2.45, 2.75) is 194 Å². The van der Waals surface area contributed by atoms with Gasteiger partial charge in [0.1, 0.15) is 11.9 Å². The molecule has 0 spiro atoms. The summed E-state index contributed by atoms with van der Waals surface area (Å²) in [6, 6.07) is 0. The largest absolute Gasteiger partial charge is 0.254 e. The van der Waals surface area contributed by atoms with Crippen LogP contribution in [-0.2, 0) is 19.4 Å². The normalized spacial score (nSPS) is 11.5. The van der Waals surface area contributed by atoms with E-state index in [2.05, 4.69) is 36.5 Å². The van der Waals surface area contributed by atoms with Crippen LogP contribution in [0, 0.1) is 0 Å². The highest BCUT2D eigenvalue weighted by molar-refractivity contribution is 4.92. The first-order chi connectivity index (χ1) is 17.3. The molecule has 2 nitrogen and oxygen atoms in total. The maximum Gasteiger partial charge on any atom is 0.254 e. The summed E-state index contributed by atoms with van der Waals surface area (Å²) >= 11 is 0. The van der Waals surface area contributed by atoms with E-state index in [-0.39, 0.29) is 0 Å². The van der Waals surface area contributed by atoms with Crippen LogP contribution in [0.15, 0.2) is 6.20 Å². The lowest BCUT2D eigenvalue weighted by molar-refractivity contribution is -0.706. The number of imidazole rings is 1. The van der Waals surface area contributed by atoms with Crippen LogP contribution in [0.3, 0.4) is 0 Å². The van der Waals surface area contributed by atoms with E-state index in [0.29, 0.717) is 0 Å². The van der Waals surface area contributed by atoms with E-state index in [1.807, 2.05) is 0 Å². The highest BCUT2D eigenvalue weighted by atomic mass is 15.1. The van der Waals surface area contributed by atoms with E-state index in [1.54, 1.807) is 0 Å². The van der Waals surface area contributed by atoms with Crippen LogP contribution >= 0.6 is 0 Å². The van der Waals surface area contributed by atoms with Gasteiger partial charge in [0, 0.05) is 12.8 Å². The van der Waals surface area contributed by atoms with Gasteiger partial charge in [-0.1, -0.05) is 155 Å². The fourth-order valence-electron chi connectivity index (χ4n) is 5.58. The van der Waals surface area contributed by atoms with E-state index < -0.39 is 0 Å². The van der Waals surface area contributed by atoms with Crippen LogP contribution in [0.25, 0.3) is 0 Å². The number of aromatic nitrogens is 2. The molecular formula is C33H65N2+. The number of aromatic amines is 1. The molecule has 0 radical (unpaired) electrons. The summed E-state index contributed by atoms with van der Waals surface area (Å²) in [5.74, 6) is 1.46. The molecule has 1 N–H and O–H groups in total. The van der Waals surface area contributed by atoms with Gasteiger partial charge in [-0.05, 0) is 19.8 Å². The molecule has 0 aliphatic heterocycles. The van der Waals surface area contributed by atoms with Crippen molar-refractivity contribution >= 4 is 0 Å². The second-order valence-electron chi connectivity index (χ2n) is 11.2. The van der Waals surface area contributed by atoms with Gasteiger partial charge < -0.3 is 0 Å². The summed E-state index contributed by atoms with van der Waals surface area (Å²) < 4.78 is 2.56. The molecule has 0 saturated carbocycles. The van der Waals surface area contributed by atoms with Crippen LogP contribution < -0.4 is 4.57 Å². The molecule has 0 aliphatic carbocycles. The molecule has 0 fully saturated rings. The van der Waals surface area contributed by atoms with Gasteiger partial charge in [-0.15, -0.1) is 0 Å². The summed E-state index contributed by atoms with van der Waals surface area (Å²) in [4.78, 5) is 3.61. The SMILES string of the molecule is CCCCCCCCCCCCCCCCCCCc1c[nH]c(CCCCCCCCC)[n+]1CC. The van der Waals surface area contributed by atoms with Crippen molar-refractivity contribution in [3.63, 3.8) is 0 Å². The van der Waals surface area contributed by atoms with Gasteiger partial charge in [-0.2, -0.15) is 0 Å². The second kappa shape index (κ2) is 24.9. The average Bonchev–Trinajstić information content (AvgIpc) is 3.26. The minimum Gasteiger partial charge on any atom is -0.247 e. The Labute approximate surface area is 221 Å². The Morgan fingerprint density at radius 1 is 0.457 bits per heavy atom. The number of hydrogen-bond donors (Lipinski definition) is 1. The lowest BCUT2D eigenvalue weighted by Gasteiger charge is -2.04. The van der Waals surface area contributed by atoms with Gasteiger partial charge in [0.05, 0.1) is 6.54 Å². The zero-order chi connectivity index (χ0) is 25.2. The van der Waals surface area contributed by atoms with Gasteiger partial charge in [-0.3, -0.25) is 0 Å². The molecule has 35 heavy (non-hydrogen) atoms. The van der Waals surface area contributed by atoms with Crippen molar-refractivity contribution in [3.8, 4) is 0 Å². The van der Waals surface area contributed by atoms with Crippen LogP contribution in [0.5, 0.6) is 0 Å². The van der Waals surface area contributed by atoms with Gasteiger partial charge in [0.15, 0.2) is 0 Å². The molecule has 0 unspecified atom stereocenters. The molecule has 206 valence electrons. The van der Waals surface area contributed by atoms with Crippen molar-refractivity contribution in [1.82, 2.24) is 4.98 Å². The van der Waals surface area contributed by atoms with E-state index in [1.165, 1.54) is 178 Å². The first-order valence-corrected chi connectivity index (χ1v) is 16.4. The second-order valence-corrected chi connectivity index (χ2v) is 11.2. The number of aryl methyl sites for hydroxylation is 2. The summed E-state index contributed by atoms with van der Waals surface area (Å²) in [5, 5.41) is 0. The van der Waals surface area contributed by atoms with Crippen molar-refractivity contribution in [2.75, 3.05) is 0 Å². The molecular weight excluding hydrogens is 424 g/mol. The number of rotatable bonds is 27. The predicted octanol–water partition coefficient (Wildman–Crippen LogP) is 10.8. The zero-order valence-electron chi connectivity index (χ0n) is 24.6. The third-order valence-corrected chi connectivity index (χ3v) is 7.95. The average molecular weight is 490 g/mol. The molecule has 1 rings (SSSR count).